The number of aryl methyl sites for hydroxylation is 1. The average molecular weight is 594 g/mol. The Kier molecular flexibility index (Phi) is 8.71. The third-order valence-electron chi connectivity index (χ3n) is 8.02. The summed E-state index contributed by atoms with van der Waals surface area (Å²) in [5.74, 6) is 0.996. The number of nitrogens with zero attached hydrogens (tertiary/aromatic N) is 1. The first-order valence-electron chi connectivity index (χ1n) is 15.1. The lowest BCUT2D eigenvalue weighted by Crippen LogP contribution is -2.16. The second kappa shape index (κ2) is 13.2. The molecule has 0 bridgehead atoms. The molecule has 0 heterocycles. The molecular weight excluding hydrogens is 555 g/mol. The van der Waals surface area contributed by atoms with Gasteiger partial charge in [-0.2, -0.15) is 10.0 Å². The van der Waals surface area contributed by atoms with E-state index in [1.54, 1.807) is 0 Å². The zero-order chi connectivity index (χ0) is 30.4. The Labute approximate surface area is 263 Å². The molecule has 0 fully saturated rings. The molecule has 3 nitrogen and oxygen atoms in total. The van der Waals surface area contributed by atoms with E-state index in [1.807, 2.05) is 0 Å². The molecule has 220 valence electrons. The van der Waals surface area contributed by atoms with Crippen molar-refractivity contribution in [2.24, 2.45) is 0 Å². The Bertz CT molecular complexity index is 1750. The second-order valence-electron chi connectivity index (χ2n) is 11.1. The van der Waals surface area contributed by atoms with Crippen molar-refractivity contribution in [3.63, 3.8) is 0 Å². The van der Waals surface area contributed by atoms with Crippen LogP contribution in [0.15, 0.2) is 168 Å². The third-order valence-corrected chi connectivity index (χ3v) is 11.8. The van der Waals surface area contributed by atoms with Gasteiger partial charge in [0.2, 0.25) is 0 Å². The summed E-state index contributed by atoms with van der Waals surface area (Å²) in [5, 5.41) is 7.60. The maximum absolute atomic E-state index is 3.87. The molecule has 0 aromatic heterocycles. The van der Waals surface area contributed by atoms with Gasteiger partial charge in [-0.05, 0) is 96.6 Å². The Hall–Kier alpha value is -4.93. The lowest BCUT2D eigenvalue weighted by molar-refractivity contribution is 1.21. The molecule has 6 aromatic carbocycles. The van der Waals surface area contributed by atoms with Crippen LogP contribution in [0, 0.1) is 6.92 Å². The van der Waals surface area contributed by atoms with Crippen LogP contribution < -0.4 is 15.5 Å². The second-order valence-corrected chi connectivity index (χ2v) is 14.7. The van der Waals surface area contributed by atoms with E-state index in [-0.39, 0.29) is 0 Å². The van der Waals surface area contributed by atoms with E-state index in [4.69, 9.17) is 0 Å². The molecule has 0 aliphatic heterocycles. The number of anilines is 7. The topological polar surface area (TPSA) is 27.3 Å². The lowest BCUT2D eigenvalue weighted by Gasteiger charge is -2.42. The quantitative estimate of drug-likeness (QED) is 0.165. The predicted molar refractivity (Wildman–Crippen MR) is 192 cm³/mol. The van der Waals surface area contributed by atoms with Crippen molar-refractivity contribution in [3.05, 3.63) is 163 Å². The third kappa shape index (κ3) is 6.22. The zero-order valence-electron chi connectivity index (χ0n) is 25.6. The van der Waals surface area contributed by atoms with Gasteiger partial charge in [-0.1, -0.05) is 97.4 Å². The molecule has 0 spiro atoms. The largest absolute Gasteiger partial charge is 0.355 e. The van der Waals surface area contributed by atoms with E-state index in [9.17, 15) is 0 Å². The number of para-hydroxylation sites is 3. The van der Waals surface area contributed by atoms with Crippen molar-refractivity contribution in [2.75, 3.05) is 27.5 Å². The zero-order valence-corrected chi connectivity index (χ0v) is 26.4. The summed E-state index contributed by atoms with van der Waals surface area (Å²) in [5.41, 5.74) is 8.86. The summed E-state index contributed by atoms with van der Waals surface area (Å²) in [6, 6.07) is 56.1. The Morgan fingerprint density at radius 1 is 0.545 bits per heavy atom. The Morgan fingerprint density at radius 3 is 1.59 bits per heavy atom. The van der Waals surface area contributed by atoms with Crippen molar-refractivity contribution < 1.29 is 0 Å². The first-order valence-corrected chi connectivity index (χ1v) is 17.3. The molecule has 0 aliphatic carbocycles. The van der Waals surface area contributed by atoms with Crippen LogP contribution in [-0.2, 0) is 0 Å². The summed E-state index contributed by atoms with van der Waals surface area (Å²) in [6.45, 7) is 4.44. The Morgan fingerprint density at radius 2 is 1.05 bits per heavy atom. The van der Waals surface area contributed by atoms with Gasteiger partial charge in [-0.15, -0.1) is 0 Å². The highest BCUT2D eigenvalue weighted by Gasteiger charge is 2.31. The number of rotatable bonds is 10. The summed E-state index contributed by atoms with van der Waals surface area (Å²) in [6.07, 6.45) is 2.46. The molecule has 0 amide bonds. The van der Waals surface area contributed by atoms with Gasteiger partial charge in [0.25, 0.3) is 0 Å². The van der Waals surface area contributed by atoms with E-state index in [0.29, 0.717) is 0 Å². The molecule has 4 heteroatoms. The molecule has 6 rings (SSSR count). The Balaban J connectivity index is 1.67. The van der Waals surface area contributed by atoms with E-state index >= 15 is 0 Å². The van der Waals surface area contributed by atoms with Crippen molar-refractivity contribution >= 4 is 49.8 Å². The van der Waals surface area contributed by atoms with Crippen LogP contribution in [0.2, 0.25) is 0 Å². The highest BCUT2D eigenvalue weighted by Crippen LogP contribution is 2.66. The molecule has 44 heavy (non-hydrogen) atoms. The van der Waals surface area contributed by atoms with Gasteiger partial charge in [0.05, 0.1) is 11.4 Å². The summed E-state index contributed by atoms with van der Waals surface area (Å²) >= 11 is 0. The molecular formula is C40H39N3S. The van der Waals surface area contributed by atoms with E-state index in [0.717, 1.165) is 45.6 Å². The molecule has 0 saturated heterocycles. The van der Waals surface area contributed by atoms with Crippen LogP contribution in [0.5, 0.6) is 0 Å². The molecule has 1 unspecified atom stereocenters. The first-order chi connectivity index (χ1) is 21.5. The summed E-state index contributed by atoms with van der Waals surface area (Å²) in [4.78, 5) is 5.09. The van der Waals surface area contributed by atoms with Crippen LogP contribution in [-0.4, -0.2) is 12.0 Å². The minimum Gasteiger partial charge on any atom is -0.355 e. The molecule has 0 radical (unpaired) electrons. The highest BCUT2D eigenvalue weighted by molar-refractivity contribution is 8.33. The van der Waals surface area contributed by atoms with E-state index in [1.165, 1.54) is 15.4 Å². The van der Waals surface area contributed by atoms with Crippen molar-refractivity contribution in [1.29, 1.82) is 0 Å². The van der Waals surface area contributed by atoms with Gasteiger partial charge in [0.1, 0.15) is 0 Å². The fourth-order valence-electron chi connectivity index (χ4n) is 5.63. The van der Waals surface area contributed by atoms with E-state index < -0.39 is 10.0 Å². The first kappa shape index (κ1) is 29.2. The fraction of sp³-hybridized carbons (Fsp3) is 0.100. The van der Waals surface area contributed by atoms with Crippen LogP contribution in [0.4, 0.5) is 39.8 Å². The molecule has 6 aromatic rings. The smallest absolute Gasteiger partial charge is 0.0627 e. The van der Waals surface area contributed by atoms with Crippen LogP contribution in [0.25, 0.3) is 0 Å². The van der Waals surface area contributed by atoms with Crippen LogP contribution >= 0.6 is 10.0 Å². The standard InChI is InChI=1S/C40H39N3S/c1-4-44(3,37-23-15-8-16-24-37)40-38(42-32-17-9-5-10-18-32)29-34(41-33-27-25-31(2)26-28-33)30-39(40)43(35-19-11-6-12-20-35)36-21-13-7-14-22-36/h5-30,41-42H,4H2,1-3H3. The van der Waals surface area contributed by atoms with Crippen molar-refractivity contribution in [2.45, 2.75) is 23.6 Å². The molecule has 1 atom stereocenters. The van der Waals surface area contributed by atoms with Gasteiger partial charge in [-0.3, -0.25) is 0 Å². The summed E-state index contributed by atoms with van der Waals surface area (Å²) < 4.78 is 0. The van der Waals surface area contributed by atoms with Crippen LogP contribution in [0.1, 0.15) is 12.5 Å². The van der Waals surface area contributed by atoms with Gasteiger partial charge >= 0.3 is 0 Å². The van der Waals surface area contributed by atoms with Gasteiger partial charge in [0.15, 0.2) is 0 Å². The maximum atomic E-state index is 3.87. The maximum Gasteiger partial charge on any atom is 0.0627 e. The van der Waals surface area contributed by atoms with E-state index in [2.05, 4.69) is 193 Å². The normalized spacial score (nSPS) is 13.0. The van der Waals surface area contributed by atoms with Crippen molar-refractivity contribution in [3.8, 4) is 0 Å². The number of nitrogens with one attached hydrogen (secondary N) is 2. The van der Waals surface area contributed by atoms with Gasteiger partial charge in [-0.25, -0.2) is 0 Å². The number of hydrogen-bond donors (Lipinski definition) is 2. The SMILES string of the molecule is CCS(C)(c1ccccc1)c1c(Nc2ccccc2)cc(Nc2ccc(C)cc2)cc1N(c1ccccc1)c1ccccc1. The van der Waals surface area contributed by atoms with Gasteiger partial charge in [0, 0.05) is 33.3 Å². The highest BCUT2D eigenvalue weighted by atomic mass is 32.3. The monoisotopic (exact) mass is 593 g/mol. The minimum atomic E-state index is -1.50. The average Bonchev–Trinajstić information content (AvgIpc) is 3.07. The summed E-state index contributed by atoms with van der Waals surface area (Å²) in [7, 11) is -1.50. The minimum absolute atomic E-state index is 0.996. The molecule has 2 N–H and O–H groups in total. The van der Waals surface area contributed by atoms with Crippen LogP contribution in [0.3, 0.4) is 0 Å². The lowest BCUT2D eigenvalue weighted by atomic mass is 10.1. The fourth-order valence-corrected chi connectivity index (χ4v) is 8.45. The van der Waals surface area contributed by atoms with Crippen molar-refractivity contribution in [1.82, 2.24) is 0 Å². The van der Waals surface area contributed by atoms with Gasteiger partial charge < -0.3 is 15.5 Å². The molecule has 0 saturated carbocycles. The number of benzene rings is 6. The predicted octanol–water partition coefficient (Wildman–Crippen LogP) is 11.8. The number of hydrogen-bond acceptors (Lipinski definition) is 3. The molecule has 0 aliphatic rings.